The van der Waals surface area contributed by atoms with Crippen LogP contribution in [0.15, 0.2) is 60.8 Å². The van der Waals surface area contributed by atoms with Crippen LogP contribution < -0.4 is 0 Å². The van der Waals surface area contributed by atoms with E-state index in [0.29, 0.717) is 32.1 Å². The molecular formula is C47H81O14P. The molecule has 0 aromatic heterocycles. The molecule has 358 valence electrons. The highest BCUT2D eigenvalue weighted by atomic mass is 31.2. The first kappa shape index (κ1) is 57.5. The van der Waals surface area contributed by atoms with Gasteiger partial charge in [-0.3, -0.25) is 18.6 Å². The minimum Gasteiger partial charge on any atom is -0.462 e. The minimum absolute atomic E-state index is 0.0139. The molecule has 0 saturated heterocycles. The van der Waals surface area contributed by atoms with Gasteiger partial charge in [0.15, 0.2) is 6.10 Å². The van der Waals surface area contributed by atoms with E-state index in [1.807, 2.05) is 30.4 Å². The van der Waals surface area contributed by atoms with Gasteiger partial charge in [-0.05, 0) is 70.6 Å². The lowest BCUT2D eigenvalue weighted by atomic mass is 9.85. The Kier molecular flexibility index (Phi) is 34.2. The van der Waals surface area contributed by atoms with Gasteiger partial charge in [0.2, 0.25) is 0 Å². The molecule has 1 saturated carbocycles. The molecular weight excluding hydrogens is 819 g/mol. The van der Waals surface area contributed by atoms with Crippen LogP contribution in [0.4, 0.5) is 0 Å². The Morgan fingerprint density at radius 2 is 1.08 bits per heavy atom. The second kappa shape index (κ2) is 36.8. The average molecular weight is 901 g/mol. The minimum atomic E-state index is -5.15. The second-order valence-electron chi connectivity index (χ2n) is 16.1. The standard InChI is InChI=1S/C47H81O14P/c1-3-5-7-9-11-12-13-14-15-16-17-18-22-26-30-34-40(49)58-36-39(37-59-62(56,57)61-47-45(54)43(52)42(51)44(53)46(47)55)60-41(50)35-31-27-23-20-19-21-25-29-33-38(48)32-28-24-10-8-6-4-2/h12-13,20-21,23-25,28-29,33,38-39,42-48,51-55H,3-11,14-19,22,26-27,30-32,34-37H2,1-2H3,(H,56,57)/b13-12-,23-20-,25-21-,28-24-,33-29+/t38-,39+,42?,43-,44+,45+,46+,47?/m0/s1. The molecule has 0 radical (unpaired) electrons. The molecule has 9 atom stereocenters. The van der Waals surface area contributed by atoms with Crippen molar-refractivity contribution >= 4 is 19.8 Å². The fourth-order valence-electron chi connectivity index (χ4n) is 6.59. The predicted octanol–water partition coefficient (Wildman–Crippen LogP) is 7.92. The number of phosphoric ester groups is 1. The van der Waals surface area contributed by atoms with Gasteiger partial charge in [0, 0.05) is 12.8 Å². The maximum absolute atomic E-state index is 12.8. The van der Waals surface area contributed by atoms with Crippen LogP contribution in [-0.2, 0) is 32.7 Å². The van der Waals surface area contributed by atoms with Crippen molar-refractivity contribution in [3.63, 3.8) is 0 Å². The summed E-state index contributed by atoms with van der Waals surface area (Å²) in [5.41, 5.74) is 0. The molecule has 1 aliphatic rings. The number of hydrogen-bond acceptors (Lipinski definition) is 13. The maximum atomic E-state index is 12.8. The van der Waals surface area contributed by atoms with Gasteiger partial charge in [-0.1, -0.05) is 139 Å². The van der Waals surface area contributed by atoms with Gasteiger partial charge >= 0.3 is 19.8 Å². The number of aliphatic hydroxyl groups is 6. The molecule has 3 unspecified atom stereocenters. The van der Waals surface area contributed by atoms with Crippen molar-refractivity contribution in [3.05, 3.63) is 60.8 Å². The van der Waals surface area contributed by atoms with Crippen LogP contribution in [0.25, 0.3) is 0 Å². The van der Waals surface area contributed by atoms with E-state index in [-0.39, 0.29) is 12.8 Å². The van der Waals surface area contributed by atoms with E-state index >= 15 is 0 Å². The molecule has 1 rings (SSSR count). The van der Waals surface area contributed by atoms with Gasteiger partial charge in [0.1, 0.15) is 43.2 Å². The molecule has 0 spiro atoms. The molecule has 15 heteroatoms. The maximum Gasteiger partial charge on any atom is 0.472 e. The van der Waals surface area contributed by atoms with Crippen molar-refractivity contribution in [1.82, 2.24) is 0 Å². The van der Waals surface area contributed by atoms with Crippen LogP contribution in [0, 0.1) is 0 Å². The first-order chi connectivity index (χ1) is 29.8. The van der Waals surface area contributed by atoms with Crippen molar-refractivity contribution in [2.45, 2.75) is 210 Å². The number of rotatable bonds is 37. The van der Waals surface area contributed by atoms with E-state index in [0.717, 1.165) is 51.4 Å². The van der Waals surface area contributed by atoms with Gasteiger partial charge in [0.25, 0.3) is 0 Å². The number of hydrogen-bond donors (Lipinski definition) is 7. The summed E-state index contributed by atoms with van der Waals surface area (Å²) in [6.07, 6.45) is 27.3. The fraction of sp³-hybridized carbons (Fsp3) is 0.745. The number of aliphatic hydroxyl groups excluding tert-OH is 6. The second-order valence-corrected chi connectivity index (χ2v) is 17.5. The fourth-order valence-corrected chi connectivity index (χ4v) is 7.57. The number of unbranched alkanes of at least 4 members (excludes halogenated alkanes) is 15. The zero-order valence-corrected chi connectivity index (χ0v) is 38.4. The number of ether oxygens (including phenoxy) is 2. The quantitative estimate of drug-likeness (QED) is 0.0103. The molecule has 0 aromatic carbocycles. The van der Waals surface area contributed by atoms with Crippen molar-refractivity contribution in [2.24, 2.45) is 0 Å². The van der Waals surface area contributed by atoms with Crippen LogP contribution in [0.3, 0.4) is 0 Å². The van der Waals surface area contributed by atoms with E-state index in [9.17, 15) is 49.7 Å². The Morgan fingerprint density at radius 3 is 1.73 bits per heavy atom. The monoisotopic (exact) mass is 901 g/mol. The highest BCUT2D eigenvalue weighted by molar-refractivity contribution is 7.47. The number of allylic oxidation sites excluding steroid dienone is 8. The van der Waals surface area contributed by atoms with Gasteiger partial charge in [0.05, 0.1) is 12.7 Å². The van der Waals surface area contributed by atoms with Gasteiger partial charge < -0.3 is 45.0 Å². The third-order valence-electron chi connectivity index (χ3n) is 10.4. The Balaban J connectivity index is 2.54. The van der Waals surface area contributed by atoms with E-state index in [4.69, 9.17) is 18.5 Å². The number of carbonyl (C=O) groups is 2. The van der Waals surface area contributed by atoms with Crippen LogP contribution in [0.2, 0.25) is 0 Å². The number of esters is 2. The lowest BCUT2D eigenvalue weighted by molar-refractivity contribution is -0.220. The van der Waals surface area contributed by atoms with E-state index < -0.39 is 81.8 Å². The summed E-state index contributed by atoms with van der Waals surface area (Å²) in [5, 5.41) is 60.2. The molecule has 62 heavy (non-hydrogen) atoms. The van der Waals surface area contributed by atoms with Gasteiger partial charge in [-0.25, -0.2) is 4.57 Å². The molecule has 0 bridgehead atoms. The summed E-state index contributed by atoms with van der Waals surface area (Å²) >= 11 is 0. The van der Waals surface area contributed by atoms with Crippen molar-refractivity contribution in [2.75, 3.05) is 13.2 Å². The Hall–Kier alpha value is -2.49. The number of carbonyl (C=O) groups excluding carboxylic acids is 2. The zero-order chi connectivity index (χ0) is 45.9. The van der Waals surface area contributed by atoms with E-state index in [1.54, 1.807) is 12.2 Å². The summed E-state index contributed by atoms with van der Waals surface area (Å²) in [5.74, 6) is -1.21. The highest BCUT2D eigenvalue weighted by Crippen LogP contribution is 2.47. The highest BCUT2D eigenvalue weighted by Gasteiger charge is 2.51. The first-order valence-electron chi connectivity index (χ1n) is 23.2. The lowest BCUT2D eigenvalue weighted by Crippen LogP contribution is -2.64. The molecule has 1 aliphatic carbocycles. The van der Waals surface area contributed by atoms with E-state index in [1.165, 1.54) is 51.4 Å². The predicted molar refractivity (Wildman–Crippen MR) is 241 cm³/mol. The molecule has 1 fully saturated rings. The normalized spacial score (nSPS) is 22.9. The summed E-state index contributed by atoms with van der Waals surface area (Å²) < 4.78 is 33.4. The Bertz CT molecular complexity index is 1330. The smallest absolute Gasteiger partial charge is 0.462 e. The largest absolute Gasteiger partial charge is 0.472 e. The molecule has 0 amide bonds. The molecule has 0 heterocycles. The van der Waals surface area contributed by atoms with Crippen LogP contribution in [0.1, 0.15) is 162 Å². The Labute approximate surface area is 371 Å². The number of phosphoric acid groups is 1. The first-order valence-corrected chi connectivity index (χ1v) is 24.7. The summed E-state index contributed by atoms with van der Waals surface area (Å²) in [7, 11) is -5.15. The van der Waals surface area contributed by atoms with Crippen molar-refractivity contribution in [3.8, 4) is 0 Å². The topological polar surface area (TPSA) is 230 Å². The van der Waals surface area contributed by atoms with Gasteiger partial charge in [-0.15, -0.1) is 0 Å². The molecule has 0 aliphatic heterocycles. The Morgan fingerprint density at radius 1 is 0.581 bits per heavy atom. The van der Waals surface area contributed by atoms with Crippen LogP contribution in [-0.4, -0.2) is 110 Å². The summed E-state index contributed by atoms with van der Waals surface area (Å²) in [6.45, 7) is 3.13. The summed E-state index contributed by atoms with van der Waals surface area (Å²) in [6, 6.07) is 0. The molecule has 7 N–H and O–H groups in total. The van der Waals surface area contributed by atoms with E-state index in [2.05, 4.69) is 32.1 Å². The third kappa shape index (κ3) is 29.1. The zero-order valence-electron chi connectivity index (χ0n) is 37.5. The molecule has 0 aromatic rings. The van der Waals surface area contributed by atoms with Crippen molar-refractivity contribution < 1.29 is 68.2 Å². The van der Waals surface area contributed by atoms with Crippen LogP contribution >= 0.6 is 7.82 Å². The summed E-state index contributed by atoms with van der Waals surface area (Å²) in [4.78, 5) is 35.7. The van der Waals surface area contributed by atoms with Crippen LogP contribution in [0.5, 0.6) is 0 Å². The van der Waals surface area contributed by atoms with Crippen molar-refractivity contribution in [1.29, 1.82) is 0 Å². The van der Waals surface area contributed by atoms with Gasteiger partial charge in [-0.2, -0.15) is 0 Å². The lowest BCUT2D eigenvalue weighted by Gasteiger charge is -2.41. The third-order valence-corrected chi connectivity index (χ3v) is 11.4. The molecule has 14 nitrogen and oxygen atoms in total. The SMILES string of the molecule is CCCCC/C=C\C[C@H](O)/C=C/C=C\C/C=C\CCCC(=O)O[C@H](COC(=O)CCCCCCCCC/C=C\CCCCCC)COP(=O)(O)OC1[C@H](O)[C@H](O)C(O)[C@H](O)[C@H]1O. The average Bonchev–Trinajstić information content (AvgIpc) is 3.25.